The van der Waals surface area contributed by atoms with Crippen LogP contribution in [0.4, 0.5) is 4.79 Å². The van der Waals surface area contributed by atoms with Crippen LogP contribution in [0.25, 0.3) is 0 Å². The second-order valence-corrected chi connectivity index (χ2v) is 12.9. The third-order valence-corrected chi connectivity index (χ3v) is 9.86. The monoisotopic (exact) mass is 375 g/mol. The molecule has 2 heterocycles. The minimum absolute atomic E-state index is 0.0129. The number of methoxy groups -OCH3 is 1. The molecule has 0 aromatic rings. The van der Waals surface area contributed by atoms with Gasteiger partial charge in [0.1, 0.15) is 18.2 Å². The zero-order valence-electron chi connectivity index (χ0n) is 15.9. The maximum atomic E-state index is 12.1. The molecule has 0 radical (unpaired) electrons. The first-order chi connectivity index (χ1) is 11.4. The average molecular weight is 375 g/mol. The van der Waals surface area contributed by atoms with E-state index in [1.165, 1.54) is 14.0 Å². The summed E-state index contributed by atoms with van der Waals surface area (Å²) >= 11 is 0. The normalized spacial score (nSPS) is 33.2. The largest absolute Gasteiger partial charge is 0.441 e. The third-order valence-electron chi connectivity index (χ3n) is 5.36. The van der Waals surface area contributed by atoms with E-state index in [0.717, 1.165) is 4.90 Å². The predicted octanol–water partition coefficient (Wildman–Crippen LogP) is 1.48. The van der Waals surface area contributed by atoms with E-state index in [0.29, 0.717) is 0 Å². The van der Waals surface area contributed by atoms with Gasteiger partial charge in [-0.3, -0.25) is 4.79 Å². The van der Waals surface area contributed by atoms with Gasteiger partial charge < -0.3 is 23.7 Å². The maximum absolute atomic E-state index is 12.1. The van der Waals surface area contributed by atoms with Gasteiger partial charge in [0.05, 0.1) is 6.61 Å². The fourth-order valence-corrected chi connectivity index (χ4v) is 3.83. The summed E-state index contributed by atoms with van der Waals surface area (Å²) in [5.74, 6) is -0.489. The number of carbonyl (C=O) groups is 2. The molecule has 8 nitrogen and oxygen atoms in total. The van der Waals surface area contributed by atoms with Crippen LogP contribution >= 0.6 is 0 Å². The van der Waals surface area contributed by atoms with Gasteiger partial charge in [-0.2, -0.15) is 0 Å². The number of imide groups is 1. The highest BCUT2D eigenvalue weighted by atomic mass is 28.4. The standard InChI is InChI=1S/C16H29NO7Si/c1-9(18)17-11-12(19)14(21-5)23-10(13(11)24-15(17)20)8-22-25(6,7)16(2,3)4/h10-14,19H,8H2,1-7H3/t10-,11-,12+,13+,14+/m1/s1. The molecule has 0 aromatic heterocycles. The molecule has 0 aliphatic carbocycles. The smallest absolute Gasteiger partial charge is 0.417 e. The lowest BCUT2D eigenvalue weighted by Gasteiger charge is -2.43. The molecule has 2 aliphatic heterocycles. The number of rotatable bonds is 4. The van der Waals surface area contributed by atoms with E-state index in [4.69, 9.17) is 18.6 Å². The summed E-state index contributed by atoms with van der Waals surface area (Å²) in [5.41, 5.74) is 0. The number of fused-ring (bicyclic) bond motifs is 1. The highest BCUT2D eigenvalue weighted by Gasteiger charge is 2.57. The van der Waals surface area contributed by atoms with Crippen LogP contribution in [0.15, 0.2) is 0 Å². The Hall–Kier alpha value is -1.00. The second-order valence-electron chi connectivity index (χ2n) is 8.07. The number of ether oxygens (including phenoxy) is 3. The molecule has 0 aromatic carbocycles. The lowest BCUT2D eigenvalue weighted by molar-refractivity contribution is -0.265. The van der Waals surface area contributed by atoms with Crippen LogP contribution in [0, 0.1) is 0 Å². The number of amides is 2. The highest BCUT2D eigenvalue weighted by molar-refractivity contribution is 6.74. The van der Waals surface area contributed by atoms with E-state index >= 15 is 0 Å². The first-order valence-electron chi connectivity index (χ1n) is 8.41. The van der Waals surface area contributed by atoms with Gasteiger partial charge in [-0.05, 0) is 18.1 Å². The van der Waals surface area contributed by atoms with Crippen molar-refractivity contribution in [1.29, 1.82) is 0 Å². The number of aliphatic hydroxyl groups excluding tert-OH is 1. The summed E-state index contributed by atoms with van der Waals surface area (Å²) in [5, 5.41) is 10.5. The van der Waals surface area contributed by atoms with Crippen molar-refractivity contribution < 1.29 is 33.3 Å². The van der Waals surface area contributed by atoms with E-state index in [2.05, 4.69) is 33.9 Å². The van der Waals surface area contributed by atoms with Gasteiger partial charge >= 0.3 is 6.09 Å². The molecular weight excluding hydrogens is 346 g/mol. The van der Waals surface area contributed by atoms with Gasteiger partial charge in [0, 0.05) is 14.0 Å². The molecule has 25 heavy (non-hydrogen) atoms. The Bertz CT molecular complexity index is 533. The van der Waals surface area contributed by atoms with Crippen LogP contribution in [-0.2, 0) is 23.4 Å². The molecule has 9 heteroatoms. The van der Waals surface area contributed by atoms with E-state index in [1.807, 2.05) is 0 Å². The van der Waals surface area contributed by atoms with Crippen molar-refractivity contribution in [3.05, 3.63) is 0 Å². The van der Waals surface area contributed by atoms with Gasteiger partial charge in [-0.1, -0.05) is 20.8 Å². The van der Waals surface area contributed by atoms with Crippen LogP contribution in [0.2, 0.25) is 18.1 Å². The molecule has 0 saturated carbocycles. The molecule has 2 aliphatic rings. The number of carbonyl (C=O) groups excluding carboxylic acids is 2. The van der Waals surface area contributed by atoms with Crippen molar-refractivity contribution >= 4 is 20.3 Å². The van der Waals surface area contributed by atoms with E-state index in [1.54, 1.807) is 0 Å². The van der Waals surface area contributed by atoms with Crippen LogP contribution in [0.5, 0.6) is 0 Å². The quantitative estimate of drug-likeness (QED) is 0.744. The van der Waals surface area contributed by atoms with Crippen molar-refractivity contribution in [2.45, 2.75) is 76.5 Å². The molecule has 0 unspecified atom stereocenters. The number of hydrogen-bond donors (Lipinski definition) is 1. The molecular formula is C16H29NO7Si. The van der Waals surface area contributed by atoms with E-state index in [9.17, 15) is 14.7 Å². The highest BCUT2D eigenvalue weighted by Crippen LogP contribution is 2.38. The molecule has 0 bridgehead atoms. The molecule has 2 fully saturated rings. The SMILES string of the molecule is CO[C@H]1O[C@H](CO[Si](C)(C)C(C)(C)C)[C@@H]2OC(=O)N(C(C)=O)[C@@H]2[C@@H]1O. The third kappa shape index (κ3) is 3.75. The van der Waals surface area contributed by atoms with Crippen molar-refractivity contribution in [3.63, 3.8) is 0 Å². The van der Waals surface area contributed by atoms with Crippen molar-refractivity contribution in [2.24, 2.45) is 0 Å². The summed E-state index contributed by atoms with van der Waals surface area (Å²) in [4.78, 5) is 24.8. The first kappa shape index (κ1) is 20.3. The zero-order valence-corrected chi connectivity index (χ0v) is 16.9. The van der Waals surface area contributed by atoms with Gasteiger partial charge in [0.15, 0.2) is 20.7 Å². The van der Waals surface area contributed by atoms with Gasteiger partial charge in [0.2, 0.25) is 5.91 Å². The molecule has 2 rings (SSSR count). The van der Waals surface area contributed by atoms with Crippen LogP contribution in [0.3, 0.4) is 0 Å². The summed E-state index contributed by atoms with van der Waals surface area (Å²) in [6.45, 7) is 12.0. The lowest BCUT2D eigenvalue weighted by Crippen LogP contribution is -2.62. The van der Waals surface area contributed by atoms with Crippen LogP contribution in [0.1, 0.15) is 27.7 Å². The van der Waals surface area contributed by atoms with Crippen molar-refractivity contribution in [3.8, 4) is 0 Å². The minimum atomic E-state index is -2.04. The number of nitrogens with zero attached hydrogens (tertiary/aromatic N) is 1. The molecule has 0 spiro atoms. The predicted molar refractivity (Wildman–Crippen MR) is 91.4 cm³/mol. The molecule has 2 amide bonds. The van der Waals surface area contributed by atoms with Gasteiger partial charge in [-0.15, -0.1) is 0 Å². The zero-order chi connectivity index (χ0) is 19.2. The molecule has 2 saturated heterocycles. The summed E-state index contributed by atoms with van der Waals surface area (Å²) < 4.78 is 22.4. The Balaban J connectivity index is 2.21. The summed E-state index contributed by atoms with van der Waals surface area (Å²) in [7, 11) is -0.644. The first-order valence-corrected chi connectivity index (χ1v) is 11.3. The summed E-state index contributed by atoms with van der Waals surface area (Å²) in [6.07, 6.45) is -4.34. The fraction of sp³-hybridized carbons (Fsp3) is 0.875. The second kappa shape index (κ2) is 6.96. The number of aliphatic hydroxyl groups is 1. The van der Waals surface area contributed by atoms with Gasteiger partial charge in [0.25, 0.3) is 0 Å². The van der Waals surface area contributed by atoms with Crippen LogP contribution < -0.4 is 0 Å². The number of hydrogen-bond acceptors (Lipinski definition) is 7. The molecule has 144 valence electrons. The topological polar surface area (TPSA) is 94.5 Å². The Labute approximate surface area is 149 Å². The van der Waals surface area contributed by atoms with Crippen molar-refractivity contribution in [1.82, 2.24) is 4.90 Å². The Morgan fingerprint density at radius 2 is 1.96 bits per heavy atom. The summed E-state index contributed by atoms with van der Waals surface area (Å²) in [6, 6.07) is -0.850. The lowest BCUT2D eigenvalue weighted by atomic mass is 9.96. The Morgan fingerprint density at radius 3 is 2.44 bits per heavy atom. The molecule has 5 atom stereocenters. The Kier molecular flexibility index (Phi) is 5.65. The molecule has 1 N–H and O–H groups in total. The maximum Gasteiger partial charge on any atom is 0.417 e. The van der Waals surface area contributed by atoms with Gasteiger partial charge in [-0.25, -0.2) is 9.69 Å². The van der Waals surface area contributed by atoms with E-state index in [-0.39, 0.29) is 11.6 Å². The minimum Gasteiger partial charge on any atom is -0.441 e. The van der Waals surface area contributed by atoms with Crippen LogP contribution in [-0.4, -0.2) is 74.7 Å². The van der Waals surface area contributed by atoms with Crippen molar-refractivity contribution in [2.75, 3.05) is 13.7 Å². The average Bonchev–Trinajstić information content (AvgIpc) is 2.83. The fourth-order valence-electron chi connectivity index (χ4n) is 2.82. The Morgan fingerprint density at radius 1 is 1.36 bits per heavy atom. The van der Waals surface area contributed by atoms with E-state index < -0.39 is 51.0 Å².